The average molecular weight is 418 g/mol. The number of amides is 2. The van der Waals surface area contributed by atoms with Crippen molar-refractivity contribution in [2.75, 3.05) is 18.4 Å². The molecule has 3 aromatic rings. The fraction of sp³-hybridized carbons (Fsp3) is 0.333. The number of hydrogen-bond donors (Lipinski definition) is 1. The molecular formula is C24H26N4O3. The summed E-state index contributed by atoms with van der Waals surface area (Å²) in [7, 11) is 0. The van der Waals surface area contributed by atoms with Crippen LogP contribution in [0.2, 0.25) is 0 Å². The highest BCUT2D eigenvalue weighted by molar-refractivity contribution is 5.94. The van der Waals surface area contributed by atoms with Gasteiger partial charge in [-0.15, -0.1) is 0 Å². The SMILES string of the molecule is CC(=O)Nc1ccc(-c2noc(C3CCCN(C(=O)c4ccc(C)c(C)c4)C3)n2)cc1. The molecule has 0 radical (unpaired) electrons. The lowest BCUT2D eigenvalue weighted by Gasteiger charge is -2.31. The molecule has 160 valence electrons. The van der Waals surface area contributed by atoms with E-state index in [0.29, 0.717) is 29.5 Å². The smallest absolute Gasteiger partial charge is 0.253 e. The maximum absolute atomic E-state index is 13.0. The number of carbonyl (C=O) groups is 2. The third-order valence-corrected chi connectivity index (χ3v) is 5.72. The van der Waals surface area contributed by atoms with Crippen LogP contribution in [0.1, 0.15) is 53.1 Å². The largest absolute Gasteiger partial charge is 0.339 e. The van der Waals surface area contributed by atoms with Crippen LogP contribution in [-0.2, 0) is 4.79 Å². The van der Waals surface area contributed by atoms with Crippen molar-refractivity contribution in [3.8, 4) is 11.4 Å². The van der Waals surface area contributed by atoms with E-state index < -0.39 is 0 Å². The molecular weight excluding hydrogens is 392 g/mol. The summed E-state index contributed by atoms with van der Waals surface area (Å²) in [6.45, 7) is 6.83. The van der Waals surface area contributed by atoms with Crippen molar-refractivity contribution in [2.45, 2.75) is 39.5 Å². The number of nitrogens with zero attached hydrogens (tertiary/aromatic N) is 3. The Morgan fingerprint density at radius 1 is 1.10 bits per heavy atom. The van der Waals surface area contributed by atoms with Crippen LogP contribution in [0.15, 0.2) is 47.0 Å². The molecule has 1 N–H and O–H groups in total. The molecule has 0 saturated carbocycles. The van der Waals surface area contributed by atoms with Gasteiger partial charge in [0.15, 0.2) is 0 Å². The number of nitrogens with one attached hydrogen (secondary N) is 1. The number of anilines is 1. The Kier molecular flexibility index (Phi) is 5.84. The second-order valence-electron chi connectivity index (χ2n) is 8.10. The average Bonchev–Trinajstić information content (AvgIpc) is 3.26. The van der Waals surface area contributed by atoms with E-state index in [1.165, 1.54) is 12.5 Å². The zero-order valence-corrected chi connectivity index (χ0v) is 18.0. The van der Waals surface area contributed by atoms with Crippen molar-refractivity contribution in [2.24, 2.45) is 0 Å². The maximum Gasteiger partial charge on any atom is 0.253 e. The molecule has 7 heteroatoms. The van der Waals surface area contributed by atoms with Crippen LogP contribution in [0.25, 0.3) is 11.4 Å². The molecule has 1 aliphatic rings. The van der Waals surface area contributed by atoms with E-state index in [1.54, 1.807) is 12.1 Å². The van der Waals surface area contributed by atoms with Gasteiger partial charge in [-0.25, -0.2) is 0 Å². The Morgan fingerprint density at radius 3 is 2.58 bits per heavy atom. The van der Waals surface area contributed by atoms with Crippen LogP contribution in [0.4, 0.5) is 5.69 Å². The second-order valence-corrected chi connectivity index (χ2v) is 8.10. The van der Waals surface area contributed by atoms with E-state index in [4.69, 9.17) is 4.52 Å². The van der Waals surface area contributed by atoms with Crippen molar-refractivity contribution in [3.63, 3.8) is 0 Å². The van der Waals surface area contributed by atoms with Gasteiger partial charge in [0, 0.05) is 36.8 Å². The third kappa shape index (κ3) is 4.66. The Morgan fingerprint density at radius 2 is 1.87 bits per heavy atom. The lowest BCUT2D eigenvalue weighted by Crippen LogP contribution is -2.39. The predicted octanol–water partition coefficient (Wildman–Crippen LogP) is 4.33. The van der Waals surface area contributed by atoms with Crippen LogP contribution >= 0.6 is 0 Å². The molecule has 31 heavy (non-hydrogen) atoms. The van der Waals surface area contributed by atoms with Gasteiger partial charge in [-0.3, -0.25) is 9.59 Å². The normalized spacial score (nSPS) is 16.2. The van der Waals surface area contributed by atoms with Gasteiger partial charge < -0.3 is 14.7 Å². The van der Waals surface area contributed by atoms with Crippen LogP contribution in [0.5, 0.6) is 0 Å². The Labute approximate surface area is 181 Å². The summed E-state index contributed by atoms with van der Waals surface area (Å²) in [5.74, 6) is 0.998. The molecule has 1 atom stereocenters. The molecule has 1 saturated heterocycles. The molecule has 2 amide bonds. The van der Waals surface area contributed by atoms with E-state index >= 15 is 0 Å². The fourth-order valence-corrected chi connectivity index (χ4v) is 3.84. The first-order chi connectivity index (χ1) is 14.9. The topological polar surface area (TPSA) is 88.3 Å². The van der Waals surface area contributed by atoms with Crippen molar-refractivity contribution < 1.29 is 14.1 Å². The highest BCUT2D eigenvalue weighted by Crippen LogP contribution is 2.29. The quantitative estimate of drug-likeness (QED) is 0.681. The lowest BCUT2D eigenvalue weighted by molar-refractivity contribution is -0.114. The molecule has 0 spiro atoms. The number of likely N-dealkylation sites (tertiary alicyclic amines) is 1. The van der Waals surface area contributed by atoms with Crippen molar-refractivity contribution in [1.29, 1.82) is 0 Å². The molecule has 7 nitrogen and oxygen atoms in total. The molecule has 2 aromatic carbocycles. The van der Waals surface area contributed by atoms with E-state index in [2.05, 4.69) is 15.5 Å². The molecule has 0 bridgehead atoms. The van der Waals surface area contributed by atoms with Crippen LogP contribution < -0.4 is 5.32 Å². The van der Waals surface area contributed by atoms with Crippen molar-refractivity contribution in [1.82, 2.24) is 15.0 Å². The van der Waals surface area contributed by atoms with E-state index in [0.717, 1.165) is 30.5 Å². The van der Waals surface area contributed by atoms with Gasteiger partial charge in [0.05, 0.1) is 5.92 Å². The van der Waals surface area contributed by atoms with Crippen molar-refractivity contribution in [3.05, 3.63) is 65.0 Å². The number of aromatic nitrogens is 2. The van der Waals surface area contributed by atoms with E-state index in [-0.39, 0.29) is 17.7 Å². The lowest BCUT2D eigenvalue weighted by atomic mass is 9.96. The first kappa shape index (κ1) is 20.8. The summed E-state index contributed by atoms with van der Waals surface area (Å²) < 4.78 is 5.55. The zero-order valence-electron chi connectivity index (χ0n) is 18.0. The standard InChI is InChI=1S/C24H26N4O3/c1-15-6-7-19(13-16(15)2)24(30)28-12-4-5-20(14-28)23-26-22(27-31-23)18-8-10-21(11-9-18)25-17(3)29/h6-11,13,20H,4-5,12,14H2,1-3H3,(H,25,29). The van der Waals surface area contributed by atoms with Crippen LogP contribution in [0, 0.1) is 13.8 Å². The molecule has 2 heterocycles. The van der Waals surface area contributed by atoms with Gasteiger partial charge in [-0.2, -0.15) is 4.98 Å². The number of piperidine rings is 1. The summed E-state index contributed by atoms with van der Waals surface area (Å²) >= 11 is 0. The van der Waals surface area contributed by atoms with Crippen molar-refractivity contribution >= 4 is 17.5 Å². The van der Waals surface area contributed by atoms with Crippen LogP contribution in [0.3, 0.4) is 0 Å². The molecule has 1 unspecified atom stereocenters. The van der Waals surface area contributed by atoms with E-state index in [1.807, 2.05) is 49.1 Å². The Bertz CT molecular complexity index is 1100. The molecule has 1 fully saturated rings. The predicted molar refractivity (Wildman–Crippen MR) is 118 cm³/mol. The maximum atomic E-state index is 13.0. The van der Waals surface area contributed by atoms with Gasteiger partial charge in [-0.05, 0) is 74.2 Å². The first-order valence-corrected chi connectivity index (χ1v) is 10.5. The molecule has 4 rings (SSSR count). The summed E-state index contributed by atoms with van der Waals surface area (Å²) in [4.78, 5) is 30.6. The summed E-state index contributed by atoms with van der Waals surface area (Å²) in [5, 5.41) is 6.86. The third-order valence-electron chi connectivity index (χ3n) is 5.72. The summed E-state index contributed by atoms with van der Waals surface area (Å²) in [5.41, 5.74) is 4.53. The summed E-state index contributed by atoms with van der Waals surface area (Å²) in [6, 6.07) is 13.1. The van der Waals surface area contributed by atoms with Gasteiger partial charge in [0.25, 0.3) is 5.91 Å². The summed E-state index contributed by atoms with van der Waals surface area (Å²) in [6.07, 6.45) is 1.80. The number of hydrogen-bond acceptors (Lipinski definition) is 5. The van der Waals surface area contributed by atoms with Gasteiger partial charge in [-0.1, -0.05) is 11.2 Å². The van der Waals surface area contributed by atoms with Gasteiger partial charge in [0.1, 0.15) is 0 Å². The first-order valence-electron chi connectivity index (χ1n) is 10.5. The van der Waals surface area contributed by atoms with Gasteiger partial charge in [0.2, 0.25) is 17.6 Å². The number of rotatable bonds is 4. The van der Waals surface area contributed by atoms with Gasteiger partial charge >= 0.3 is 0 Å². The zero-order chi connectivity index (χ0) is 22.0. The highest BCUT2D eigenvalue weighted by Gasteiger charge is 2.29. The second kappa shape index (κ2) is 8.71. The highest BCUT2D eigenvalue weighted by atomic mass is 16.5. The molecule has 0 aliphatic carbocycles. The minimum Gasteiger partial charge on any atom is -0.339 e. The van der Waals surface area contributed by atoms with E-state index in [9.17, 15) is 9.59 Å². The fourth-order valence-electron chi connectivity index (χ4n) is 3.84. The molecule has 1 aromatic heterocycles. The number of benzene rings is 2. The minimum atomic E-state index is -0.119. The molecule has 1 aliphatic heterocycles. The Balaban J connectivity index is 1.46. The monoisotopic (exact) mass is 418 g/mol. The minimum absolute atomic E-state index is 0.0177. The Hall–Kier alpha value is -3.48. The number of aryl methyl sites for hydroxylation is 2. The number of carbonyl (C=O) groups excluding carboxylic acids is 2. The van der Waals surface area contributed by atoms with Crippen LogP contribution in [-0.4, -0.2) is 39.9 Å².